The van der Waals surface area contributed by atoms with Crippen LogP contribution in [0.1, 0.15) is 57.8 Å². The normalized spacial score (nSPS) is 37.2. The predicted molar refractivity (Wildman–Crippen MR) is 73.6 cm³/mol. The minimum Gasteiger partial charge on any atom is -0.375 e. The molecule has 104 valence electrons. The number of hydrogen-bond acceptors (Lipinski definition) is 3. The number of morpholine rings is 1. The van der Waals surface area contributed by atoms with Crippen LogP contribution < -0.4 is 5.73 Å². The van der Waals surface area contributed by atoms with Gasteiger partial charge in [-0.1, -0.05) is 32.1 Å². The molecule has 0 amide bonds. The highest BCUT2D eigenvalue weighted by Crippen LogP contribution is 2.39. The molecule has 2 atom stereocenters. The molecule has 3 heteroatoms. The van der Waals surface area contributed by atoms with E-state index in [0.717, 1.165) is 19.7 Å². The summed E-state index contributed by atoms with van der Waals surface area (Å²) < 4.78 is 6.01. The molecule has 3 nitrogen and oxygen atoms in total. The molecule has 2 saturated carbocycles. The molecule has 2 aliphatic carbocycles. The molecule has 0 bridgehead atoms. The molecule has 3 rings (SSSR count). The van der Waals surface area contributed by atoms with Crippen molar-refractivity contribution in [2.24, 2.45) is 5.73 Å². The highest BCUT2D eigenvalue weighted by molar-refractivity contribution is 5.01. The number of nitrogens with two attached hydrogens (primary N) is 1. The summed E-state index contributed by atoms with van der Waals surface area (Å²) in [5.41, 5.74) is 6.52. The van der Waals surface area contributed by atoms with Gasteiger partial charge in [-0.3, -0.25) is 4.90 Å². The number of nitrogens with zero attached hydrogens (tertiary/aromatic N) is 1. The molecule has 0 aromatic heterocycles. The molecular weight excluding hydrogens is 224 g/mol. The van der Waals surface area contributed by atoms with Crippen molar-refractivity contribution in [3.05, 3.63) is 0 Å². The van der Waals surface area contributed by atoms with E-state index >= 15 is 0 Å². The van der Waals surface area contributed by atoms with Gasteiger partial charge in [0.2, 0.25) is 0 Å². The van der Waals surface area contributed by atoms with Crippen LogP contribution in [0.5, 0.6) is 0 Å². The number of ether oxygens (including phenoxy) is 1. The van der Waals surface area contributed by atoms with E-state index in [1.807, 2.05) is 0 Å². The van der Waals surface area contributed by atoms with Crippen LogP contribution in [0.15, 0.2) is 0 Å². The maximum Gasteiger partial charge on any atom is 0.0731 e. The third-order valence-electron chi connectivity index (χ3n) is 5.51. The number of rotatable bonds is 2. The molecule has 0 aromatic carbocycles. The van der Waals surface area contributed by atoms with Gasteiger partial charge in [0.1, 0.15) is 0 Å². The third kappa shape index (κ3) is 2.21. The second-order valence-electron chi connectivity index (χ2n) is 6.44. The first-order valence-corrected chi connectivity index (χ1v) is 7.94. The van der Waals surface area contributed by atoms with Crippen molar-refractivity contribution in [2.45, 2.75) is 75.5 Å². The zero-order chi connectivity index (χ0) is 12.4. The van der Waals surface area contributed by atoms with E-state index in [1.165, 1.54) is 57.8 Å². The van der Waals surface area contributed by atoms with E-state index in [9.17, 15) is 0 Å². The van der Waals surface area contributed by atoms with Gasteiger partial charge in [-0.05, 0) is 25.7 Å². The quantitative estimate of drug-likeness (QED) is 0.819. The van der Waals surface area contributed by atoms with Gasteiger partial charge in [0.05, 0.1) is 12.7 Å². The average molecular weight is 252 g/mol. The Kier molecular flexibility index (Phi) is 3.92. The van der Waals surface area contributed by atoms with Gasteiger partial charge in [0, 0.05) is 24.7 Å². The fraction of sp³-hybridized carbons (Fsp3) is 1.00. The Morgan fingerprint density at radius 1 is 1.06 bits per heavy atom. The Bertz CT molecular complexity index is 274. The van der Waals surface area contributed by atoms with Crippen LogP contribution in [0, 0.1) is 0 Å². The van der Waals surface area contributed by atoms with Gasteiger partial charge in [0.25, 0.3) is 0 Å². The minimum atomic E-state index is 0.308. The predicted octanol–water partition coefficient (Wildman–Crippen LogP) is 2.29. The van der Waals surface area contributed by atoms with Crippen LogP contribution in [0.3, 0.4) is 0 Å². The lowest BCUT2D eigenvalue weighted by atomic mass is 9.77. The van der Waals surface area contributed by atoms with Crippen LogP contribution in [-0.4, -0.2) is 42.3 Å². The van der Waals surface area contributed by atoms with Gasteiger partial charge in [-0.15, -0.1) is 0 Å². The summed E-state index contributed by atoms with van der Waals surface area (Å²) in [6.07, 6.45) is 12.6. The van der Waals surface area contributed by atoms with Gasteiger partial charge in [0.15, 0.2) is 0 Å². The summed E-state index contributed by atoms with van der Waals surface area (Å²) >= 11 is 0. The van der Waals surface area contributed by atoms with E-state index in [2.05, 4.69) is 4.90 Å². The summed E-state index contributed by atoms with van der Waals surface area (Å²) in [5.74, 6) is 0. The van der Waals surface area contributed by atoms with E-state index in [-0.39, 0.29) is 0 Å². The number of fused-ring (bicyclic) bond motifs is 1. The highest BCUT2D eigenvalue weighted by atomic mass is 16.5. The maximum atomic E-state index is 6.21. The first kappa shape index (κ1) is 12.9. The van der Waals surface area contributed by atoms with Crippen molar-refractivity contribution in [3.8, 4) is 0 Å². The largest absolute Gasteiger partial charge is 0.375 e. The molecule has 0 radical (unpaired) electrons. The summed E-state index contributed by atoms with van der Waals surface area (Å²) in [4.78, 5) is 2.78. The molecule has 1 saturated heterocycles. The van der Waals surface area contributed by atoms with Gasteiger partial charge < -0.3 is 10.5 Å². The molecule has 18 heavy (non-hydrogen) atoms. The standard InChI is InChI=1S/C15H28N2O/c16-12-15(8-4-1-5-9-15)17-10-11-18-14-7-3-2-6-13(14)17/h13-14H,1-12,16H2. The molecule has 0 aromatic rings. The summed E-state index contributed by atoms with van der Waals surface area (Å²) in [6, 6.07) is 0.661. The molecule has 2 N–H and O–H groups in total. The molecule has 3 aliphatic rings. The SMILES string of the molecule is NCC1(N2CCOC3CCCCC32)CCCCC1. The van der Waals surface area contributed by atoms with Crippen molar-refractivity contribution >= 4 is 0 Å². The molecule has 0 spiro atoms. The van der Waals surface area contributed by atoms with Crippen LogP contribution >= 0.6 is 0 Å². The molecule has 2 unspecified atom stereocenters. The maximum absolute atomic E-state index is 6.21. The zero-order valence-electron chi connectivity index (χ0n) is 11.6. The Morgan fingerprint density at radius 3 is 2.61 bits per heavy atom. The fourth-order valence-corrected chi connectivity index (χ4v) is 4.50. The summed E-state index contributed by atoms with van der Waals surface area (Å²) in [7, 11) is 0. The molecule has 3 fully saturated rings. The Balaban J connectivity index is 1.79. The molecule has 1 heterocycles. The Hall–Kier alpha value is -0.120. The lowest BCUT2D eigenvalue weighted by Gasteiger charge is -2.54. The summed E-state index contributed by atoms with van der Waals surface area (Å²) in [5, 5.41) is 0. The van der Waals surface area contributed by atoms with Crippen LogP contribution in [0.2, 0.25) is 0 Å². The van der Waals surface area contributed by atoms with Crippen molar-refractivity contribution in [1.29, 1.82) is 0 Å². The van der Waals surface area contributed by atoms with E-state index in [4.69, 9.17) is 10.5 Å². The Labute approximate surface area is 111 Å². The van der Waals surface area contributed by atoms with Crippen molar-refractivity contribution in [2.75, 3.05) is 19.7 Å². The van der Waals surface area contributed by atoms with Crippen LogP contribution in [0.4, 0.5) is 0 Å². The highest BCUT2D eigenvalue weighted by Gasteiger charge is 2.45. The number of hydrogen-bond donors (Lipinski definition) is 1. The van der Waals surface area contributed by atoms with E-state index < -0.39 is 0 Å². The first-order valence-electron chi connectivity index (χ1n) is 7.94. The first-order chi connectivity index (χ1) is 8.86. The topological polar surface area (TPSA) is 38.5 Å². The smallest absolute Gasteiger partial charge is 0.0731 e. The summed E-state index contributed by atoms with van der Waals surface area (Å²) in [6.45, 7) is 2.87. The lowest BCUT2D eigenvalue weighted by Crippen LogP contribution is -2.65. The van der Waals surface area contributed by atoms with Crippen LogP contribution in [-0.2, 0) is 4.74 Å². The van der Waals surface area contributed by atoms with Gasteiger partial charge >= 0.3 is 0 Å². The average Bonchev–Trinajstić information content (AvgIpc) is 2.47. The lowest BCUT2D eigenvalue weighted by molar-refractivity contribution is -0.132. The second kappa shape index (κ2) is 5.48. The van der Waals surface area contributed by atoms with Crippen molar-refractivity contribution in [3.63, 3.8) is 0 Å². The zero-order valence-corrected chi connectivity index (χ0v) is 11.6. The minimum absolute atomic E-state index is 0.308. The second-order valence-corrected chi connectivity index (χ2v) is 6.44. The van der Waals surface area contributed by atoms with Crippen molar-refractivity contribution < 1.29 is 4.74 Å². The monoisotopic (exact) mass is 252 g/mol. The van der Waals surface area contributed by atoms with Crippen molar-refractivity contribution in [1.82, 2.24) is 4.90 Å². The Morgan fingerprint density at radius 2 is 1.83 bits per heavy atom. The van der Waals surface area contributed by atoms with Crippen LogP contribution in [0.25, 0.3) is 0 Å². The molecular formula is C15H28N2O. The van der Waals surface area contributed by atoms with E-state index in [1.54, 1.807) is 0 Å². The fourth-order valence-electron chi connectivity index (χ4n) is 4.50. The molecule has 1 aliphatic heterocycles. The van der Waals surface area contributed by atoms with Gasteiger partial charge in [-0.25, -0.2) is 0 Å². The van der Waals surface area contributed by atoms with Gasteiger partial charge in [-0.2, -0.15) is 0 Å². The third-order valence-corrected chi connectivity index (χ3v) is 5.51. The van der Waals surface area contributed by atoms with E-state index in [0.29, 0.717) is 17.7 Å².